The molecule has 0 bridgehead atoms. The van der Waals surface area contributed by atoms with Crippen molar-refractivity contribution >= 4 is 17.7 Å². The smallest absolute Gasteiger partial charge is 0.339 e. The van der Waals surface area contributed by atoms with Crippen LogP contribution < -0.4 is 4.74 Å². The van der Waals surface area contributed by atoms with Crippen LogP contribution in [0.4, 0.5) is 0 Å². The number of Topliss-reactive ketones (excluding diaryl/α,β-unsaturated/α-hetero) is 1. The van der Waals surface area contributed by atoms with Crippen LogP contribution in [-0.4, -0.2) is 57.1 Å². The molecule has 148 valence electrons. The summed E-state index contributed by atoms with van der Waals surface area (Å²) in [5.41, 5.74) is 1.38. The molecular formula is C20H23N3O5. The van der Waals surface area contributed by atoms with E-state index in [1.807, 2.05) is 0 Å². The topological polar surface area (TPSA) is 102 Å². The third-order valence-electron chi connectivity index (χ3n) is 5.04. The predicted molar refractivity (Wildman–Crippen MR) is 101 cm³/mol. The molecule has 1 aromatic heterocycles. The van der Waals surface area contributed by atoms with E-state index in [1.54, 1.807) is 40.8 Å². The van der Waals surface area contributed by atoms with Gasteiger partial charge in [-0.3, -0.25) is 14.3 Å². The molecule has 1 aliphatic heterocycles. The van der Waals surface area contributed by atoms with Crippen molar-refractivity contribution in [3.63, 3.8) is 0 Å². The van der Waals surface area contributed by atoms with Crippen LogP contribution in [0.5, 0.6) is 5.75 Å². The maximum Gasteiger partial charge on any atom is 0.339 e. The molecule has 3 rings (SSSR count). The number of likely N-dealkylation sites (tertiary alicyclic amines) is 1. The first kappa shape index (κ1) is 19.6. The second-order valence-corrected chi connectivity index (χ2v) is 6.88. The van der Waals surface area contributed by atoms with Gasteiger partial charge in [-0.2, -0.15) is 5.10 Å². The number of benzene rings is 1. The number of hydrogen-bond donors (Lipinski definition) is 1. The summed E-state index contributed by atoms with van der Waals surface area (Å²) in [4.78, 5) is 36.8. The minimum Gasteiger partial charge on any atom is -0.484 e. The van der Waals surface area contributed by atoms with Gasteiger partial charge in [0, 0.05) is 18.7 Å². The fourth-order valence-electron chi connectivity index (χ4n) is 3.40. The third-order valence-corrected chi connectivity index (χ3v) is 5.04. The average Bonchev–Trinajstić information content (AvgIpc) is 3.08. The van der Waals surface area contributed by atoms with Crippen molar-refractivity contribution in [1.29, 1.82) is 0 Å². The van der Waals surface area contributed by atoms with Crippen LogP contribution in [0.1, 0.15) is 52.2 Å². The number of hydrogen-bond acceptors (Lipinski definition) is 5. The summed E-state index contributed by atoms with van der Waals surface area (Å²) >= 11 is 0. The van der Waals surface area contributed by atoms with E-state index < -0.39 is 5.97 Å². The number of rotatable bonds is 6. The molecule has 8 heteroatoms. The zero-order valence-electron chi connectivity index (χ0n) is 15.9. The lowest BCUT2D eigenvalue weighted by atomic mass is 10.0. The third kappa shape index (κ3) is 4.21. The number of carbonyl (C=O) groups is 3. The number of carbonyl (C=O) groups excluding carboxylic acids is 2. The molecule has 0 spiro atoms. The summed E-state index contributed by atoms with van der Waals surface area (Å²) in [6, 6.07) is 6.84. The fraction of sp³-hybridized carbons (Fsp3) is 0.400. The van der Waals surface area contributed by atoms with Crippen molar-refractivity contribution in [3.05, 3.63) is 47.3 Å². The van der Waals surface area contributed by atoms with Crippen LogP contribution in [0.15, 0.2) is 30.5 Å². The number of ether oxygens (including phenoxy) is 1. The van der Waals surface area contributed by atoms with E-state index in [2.05, 4.69) is 5.10 Å². The van der Waals surface area contributed by atoms with E-state index in [-0.39, 0.29) is 29.9 Å². The minimum absolute atomic E-state index is 0.0566. The molecule has 8 nitrogen and oxygen atoms in total. The second kappa shape index (κ2) is 8.24. The summed E-state index contributed by atoms with van der Waals surface area (Å²) in [5.74, 6) is -0.666. The summed E-state index contributed by atoms with van der Waals surface area (Å²) in [6.45, 7) is 4.26. The van der Waals surface area contributed by atoms with Crippen LogP contribution in [0, 0.1) is 6.92 Å². The lowest BCUT2D eigenvalue weighted by Crippen LogP contribution is -2.41. The van der Waals surface area contributed by atoms with Crippen LogP contribution in [0.25, 0.3) is 0 Å². The Morgan fingerprint density at radius 2 is 1.96 bits per heavy atom. The van der Waals surface area contributed by atoms with Gasteiger partial charge in [0.25, 0.3) is 5.91 Å². The molecule has 1 saturated heterocycles. The van der Waals surface area contributed by atoms with E-state index in [9.17, 15) is 14.4 Å². The van der Waals surface area contributed by atoms with Crippen LogP contribution in [0.3, 0.4) is 0 Å². The number of amides is 1. The standard InChI is InChI=1S/C20H23N3O5/c1-13-18(20(26)27)11-21-23(13)16-6-8-22(9-7-16)19(25)12-28-17-5-3-4-15(10-17)14(2)24/h3-5,10-11,16H,6-9,12H2,1-2H3,(H,26,27). The number of carboxylic acid groups (broad SMARTS) is 1. The highest BCUT2D eigenvalue weighted by Gasteiger charge is 2.26. The van der Waals surface area contributed by atoms with Crippen molar-refractivity contribution in [2.24, 2.45) is 0 Å². The monoisotopic (exact) mass is 385 g/mol. The first-order chi connectivity index (χ1) is 13.4. The van der Waals surface area contributed by atoms with Gasteiger partial charge in [0.1, 0.15) is 11.3 Å². The zero-order valence-corrected chi connectivity index (χ0v) is 15.9. The molecule has 1 amide bonds. The molecule has 0 unspecified atom stereocenters. The van der Waals surface area contributed by atoms with E-state index in [1.165, 1.54) is 13.1 Å². The van der Waals surface area contributed by atoms with Gasteiger partial charge in [0.05, 0.1) is 17.9 Å². The van der Waals surface area contributed by atoms with E-state index in [0.29, 0.717) is 42.9 Å². The van der Waals surface area contributed by atoms with Gasteiger partial charge in [0.15, 0.2) is 12.4 Å². The molecule has 0 saturated carbocycles. The Bertz CT molecular complexity index is 897. The van der Waals surface area contributed by atoms with Crippen molar-refractivity contribution in [2.45, 2.75) is 32.7 Å². The van der Waals surface area contributed by atoms with Gasteiger partial charge in [-0.05, 0) is 38.8 Å². The largest absolute Gasteiger partial charge is 0.484 e. The Labute approximate surface area is 162 Å². The molecule has 0 aliphatic carbocycles. The Morgan fingerprint density at radius 3 is 2.57 bits per heavy atom. The molecule has 28 heavy (non-hydrogen) atoms. The van der Waals surface area contributed by atoms with Crippen molar-refractivity contribution in [1.82, 2.24) is 14.7 Å². The average molecular weight is 385 g/mol. The number of carboxylic acids is 1. The van der Waals surface area contributed by atoms with Gasteiger partial charge in [0.2, 0.25) is 0 Å². The van der Waals surface area contributed by atoms with Crippen molar-refractivity contribution < 1.29 is 24.2 Å². The first-order valence-electron chi connectivity index (χ1n) is 9.15. The van der Waals surface area contributed by atoms with Gasteiger partial charge in [-0.1, -0.05) is 12.1 Å². The maximum absolute atomic E-state index is 12.4. The SMILES string of the molecule is CC(=O)c1cccc(OCC(=O)N2CCC(n3ncc(C(=O)O)c3C)CC2)c1. The Morgan fingerprint density at radius 1 is 1.25 bits per heavy atom. The van der Waals surface area contributed by atoms with E-state index >= 15 is 0 Å². The molecule has 0 atom stereocenters. The summed E-state index contributed by atoms with van der Waals surface area (Å²) in [5, 5.41) is 13.4. The van der Waals surface area contributed by atoms with Crippen LogP contribution >= 0.6 is 0 Å². The highest BCUT2D eigenvalue weighted by atomic mass is 16.5. The zero-order chi connectivity index (χ0) is 20.3. The molecule has 0 radical (unpaired) electrons. The van der Waals surface area contributed by atoms with E-state index in [4.69, 9.17) is 9.84 Å². The summed E-state index contributed by atoms with van der Waals surface area (Å²) in [6.07, 6.45) is 2.78. The van der Waals surface area contributed by atoms with Gasteiger partial charge in [-0.25, -0.2) is 4.79 Å². The molecule has 1 aliphatic rings. The lowest BCUT2D eigenvalue weighted by molar-refractivity contribution is -0.134. The minimum atomic E-state index is -0.984. The number of ketones is 1. The molecule has 1 fully saturated rings. The molecular weight excluding hydrogens is 362 g/mol. The molecule has 1 aromatic carbocycles. The fourth-order valence-corrected chi connectivity index (χ4v) is 3.40. The summed E-state index contributed by atoms with van der Waals surface area (Å²) < 4.78 is 7.29. The highest BCUT2D eigenvalue weighted by molar-refractivity contribution is 5.94. The molecule has 2 heterocycles. The Hall–Kier alpha value is -3.16. The highest BCUT2D eigenvalue weighted by Crippen LogP contribution is 2.25. The predicted octanol–water partition coefficient (Wildman–Crippen LogP) is 2.33. The molecule has 2 aromatic rings. The molecule has 1 N–H and O–H groups in total. The Balaban J connectivity index is 1.53. The van der Waals surface area contributed by atoms with Gasteiger partial charge in [-0.15, -0.1) is 0 Å². The van der Waals surface area contributed by atoms with E-state index in [0.717, 1.165) is 0 Å². The summed E-state index contributed by atoms with van der Waals surface area (Å²) in [7, 11) is 0. The van der Waals surface area contributed by atoms with Gasteiger partial charge < -0.3 is 14.7 Å². The second-order valence-electron chi connectivity index (χ2n) is 6.88. The number of aromatic carboxylic acids is 1. The number of nitrogens with zero attached hydrogens (tertiary/aromatic N) is 3. The quantitative estimate of drug-likeness (QED) is 0.766. The lowest BCUT2D eigenvalue weighted by Gasteiger charge is -2.32. The normalized spacial score (nSPS) is 14.7. The van der Waals surface area contributed by atoms with Crippen LogP contribution in [-0.2, 0) is 4.79 Å². The maximum atomic E-state index is 12.4. The number of piperidine rings is 1. The first-order valence-corrected chi connectivity index (χ1v) is 9.15. The van der Waals surface area contributed by atoms with Crippen LogP contribution in [0.2, 0.25) is 0 Å². The number of aromatic nitrogens is 2. The Kier molecular flexibility index (Phi) is 5.77. The van der Waals surface area contributed by atoms with Crippen molar-refractivity contribution in [2.75, 3.05) is 19.7 Å². The van der Waals surface area contributed by atoms with Crippen molar-refractivity contribution in [3.8, 4) is 5.75 Å². The van der Waals surface area contributed by atoms with Gasteiger partial charge >= 0.3 is 5.97 Å².